The van der Waals surface area contributed by atoms with Crippen molar-refractivity contribution in [1.82, 2.24) is 14.8 Å². The number of fused-ring (bicyclic) bond motifs is 1. The second-order valence-corrected chi connectivity index (χ2v) is 5.79. The zero-order chi connectivity index (χ0) is 12.7. The maximum Gasteiger partial charge on any atom is 0.276 e. The van der Waals surface area contributed by atoms with Crippen molar-refractivity contribution in [2.45, 2.75) is 31.3 Å². The molecular weight excluding hydrogens is 246 g/mol. The van der Waals surface area contributed by atoms with Crippen molar-refractivity contribution in [2.24, 2.45) is 0 Å². The van der Waals surface area contributed by atoms with E-state index in [-0.39, 0.29) is 5.56 Å². The van der Waals surface area contributed by atoms with Crippen LogP contribution >= 0.6 is 11.8 Å². The highest BCUT2D eigenvalue weighted by Crippen LogP contribution is 2.26. The van der Waals surface area contributed by atoms with Crippen LogP contribution in [0.3, 0.4) is 0 Å². The summed E-state index contributed by atoms with van der Waals surface area (Å²) in [6.07, 6.45) is 1.76. The normalized spacial score (nSPS) is 14.2. The summed E-state index contributed by atoms with van der Waals surface area (Å²) in [7, 11) is 0. The minimum atomic E-state index is 0.0448. The van der Waals surface area contributed by atoms with E-state index < -0.39 is 0 Å². The molecule has 1 aliphatic rings. The van der Waals surface area contributed by atoms with E-state index >= 15 is 0 Å². The molecule has 0 saturated heterocycles. The number of H-pyrrole nitrogens is 1. The van der Waals surface area contributed by atoms with Crippen LogP contribution in [0.15, 0.2) is 23.1 Å². The Morgan fingerprint density at radius 1 is 1.44 bits per heavy atom. The molecule has 18 heavy (non-hydrogen) atoms. The van der Waals surface area contributed by atoms with E-state index in [1.54, 1.807) is 22.6 Å². The summed E-state index contributed by atoms with van der Waals surface area (Å²) in [5.41, 5.74) is 3.18. The number of aromatic nitrogens is 3. The minimum Gasteiger partial charge on any atom is -0.292 e. The number of nitrogens with zero attached hydrogens (tertiary/aromatic N) is 2. The van der Waals surface area contributed by atoms with Crippen LogP contribution in [0.25, 0.3) is 5.82 Å². The molecule has 1 aliphatic heterocycles. The monoisotopic (exact) mass is 261 g/mol. The van der Waals surface area contributed by atoms with Crippen molar-refractivity contribution < 1.29 is 0 Å². The van der Waals surface area contributed by atoms with E-state index in [2.05, 4.69) is 23.9 Å². The van der Waals surface area contributed by atoms with Gasteiger partial charge in [0.25, 0.3) is 5.56 Å². The molecule has 0 amide bonds. The Hall–Kier alpha value is -1.49. The number of hydrogen-bond acceptors (Lipinski definition) is 3. The lowest BCUT2D eigenvalue weighted by atomic mass is 10.1. The van der Waals surface area contributed by atoms with Gasteiger partial charge in [0, 0.05) is 17.7 Å². The Morgan fingerprint density at radius 2 is 2.28 bits per heavy atom. The fourth-order valence-corrected chi connectivity index (χ4v) is 3.16. The zero-order valence-electron chi connectivity index (χ0n) is 10.4. The summed E-state index contributed by atoms with van der Waals surface area (Å²) >= 11 is 1.77. The van der Waals surface area contributed by atoms with Gasteiger partial charge in [-0.2, -0.15) is 11.8 Å². The molecule has 5 heteroatoms. The van der Waals surface area contributed by atoms with Crippen LogP contribution in [0.1, 0.15) is 36.6 Å². The first kappa shape index (κ1) is 11.6. The lowest BCUT2D eigenvalue weighted by Gasteiger charge is -2.07. The molecule has 3 heterocycles. The Labute approximate surface area is 109 Å². The molecule has 3 rings (SSSR count). The lowest BCUT2D eigenvalue weighted by molar-refractivity contribution is 0.790. The molecule has 0 unspecified atom stereocenters. The van der Waals surface area contributed by atoms with Gasteiger partial charge in [0.1, 0.15) is 0 Å². The third kappa shape index (κ3) is 1.79. The summed E-state index contributed by atoms with van der Waals surface area (Å²) < 4.78 is 1.57. The molecule has 0 aromatic carbocycles. The highest BCUT2D eigenvalue weighted by atomic mass is 32.2. The highest BCUT2D eigenvalue weighted by molar-refractivity contribution is 7.98. The zero-order valence-corrected chi connectivity index (χ0v) is 11.3. The Morgan fingerprint density at radius 3 is 3.00 bits per heavy atom. The number of pyridine rings is 1. The first-order valence-corrected chi connectivity index (χ1v) is 7.19. The van der Waals surface area contributed by atoms with E-state index in [1.807, 2.05) is 12.1 Å². The van der Waals surface area contributed by atoms with Crippen molar-refractivity contribution in [3.63, 3.8) is 0 Å². The van der Waals surface area contributed by atoms with Gasteiger partial charge in [0.15, 0.2) is 5.82 Å². The molecule has 0 spiro atoms. The summed E-state index contributed by atoms with van der Waals surface area (Å²) in [6.45, 7) is 4.26. The smallest absolute Gasteiger partial charge is 0.276 e. The highest BCUT2D eigenvalue weighted by Gasteiger charge is 2.20. The number of rotatable bonds is 2. The summed E-state index contributed by atoms with van der Waals surface area (Å²) in [5, 5.41) is 3.17. The third-order valence-corrected chi connectivity index (χ3v) is 4.22. The predicted octanol–water partition coefficient (Wildman–Crippen LogP) is 2.43. The maximum atomic E-state index is 12.2. The third-order valence-electron chi connectivity index (χ3n) is 3.23. The summed E-state index contributed by atoms with van der Waals surface area (Å²) in [4.78, 5) is 16.5. The van der Waals surface area contributed by atoms with Gasteiger partial charge in [0.05, 0.1) is 11.3 Å². The second kappa shape index (κ2) is 4.31. The molecule has 0 fully saturated rings. The topological polar surface area (TPSA) is 50.7 Å². The molecule has 0 saturated carbocycles. The number of aromatic amines is 1. The Bertz CT molecular complexity index is 642. The van der Waals surface area contributed by atoms with Crippen LogP contribution in [0.4, 0.5) is 0 Å². The van der Waals surface area contributed by atoms with Gasteiger partial charge in [0.2, 0.25) is 0 Å². The molecule has 4 nitrogen and oxygen atoms in total. The van der Waals surface area contributed by atoms with E-state index in [4.69, 9.17) is 0 Å². The maximum absolute atomic E-state index is 12.2. The average Bonchev–Trinajstić information content (AvgIpc) is 2.93. The van der Waals surface area contributed by atoms with Crippen molar-refractivity contribution in [3.8, 4) is 5.82 Å². The number of nitrogens with one attached hydrogen (secondary N) is 1. The van der Waals surface area contributed by atoms with Crippen LogP contribution in [0, 0.1) is 0 Å². The van der Waals surface area contributed by atoms with Gasteiger partial charge in [-0.15, -0.1) is 0 Å². The van der Waals surface area contributed by atoms with Gasteiger partial charge in [-0.05, 0) is 23.6 Å². The second-order valence-electron chi connectivity index (χ2n) is 4.80. The molecule has 94 valence electrons. The van der Waals surface area contributed by atoms with Gasteiger partial charge >= 0.3 is 0 Å². The minimum absolute atomic E-state index is 0.0448. The number of thioether (sulfide) groups is 1. The Kier molecular flexibility index (Phi) is 2.78. The predicted molar refractivity (Wildman–Crippen MR) is 73.3 cm³/mol. The quantitative estimate of drug-likeness (QED) is 0.903. The van der Waals surface area contributed by atoms with Crippen molar-refractivity contribution >= 4 is 11.8 Å². The van der Waals surface area contributed by atoms with E-state index in [0.717, 1.165) is 22.8 Å². The van der Waals surface area contributed by atoms with Gasteiger partial charge < -0.3 is 0 Å². The average molecular weight is 261 g/mol. The fourth-order valence-electron chi connectivity index (χ4n) is 2.12. The van der Waals surface area contributed by atoms with Crippen molar-refractivity contribution in [1.29, 1.82) is 0 Å². The van der Waals surface area contributed by atoms with Crippen molar-refractivity contribution in [3.05, 3.63) is 45.5 Å². The lowest BCUT2D eigenvalue weighted by Crippen LogP contribution is -2.18. The molecule has 0 atom stereocenters. The molecule has 1 N–H and O–H groups in total. The van der Waals surface area contributed by atoms with Crippen LogP contribution in [-0.2, 0) is 11.5 Å². The van der Waals surface area contributed by atoms with Crippen LogP contribution < -0.4 is 5.56 Å². The number of hydrogen-bond donors (Lipinski definition) is 1. The van der Waals surface area contributed by atoms with E-state index in [0.29, 0.717) is 11.7 Å². The van der Waals surface area contributed by atoms with Gasteiger partial charge in [-0.25, -0.2) is 9.67 Å². The summed E-state index contributed by atoms with van der Waals surface area (Å²) in [5.74, 6) is 2.81. The SMILES string of the molecule is CC(C)c1ccnc(-n2[nH]c3c(c2=O)CSC3)c1. The fraction of sp³-hybridized carbons (Fsp3) is 0.385. The van der Waals surface area contributed by atoms with E-state index in [1.165, 1.54) is 5.56 Å². The van der Waals surface area contributed by atoms with Crippen LogP contribution in [0.5, 0.6) is 0 Å². The molecule has 2 aromatic rings. The molecule has 0 radical (unpaired) electrons. The largest absolute Gasteiger partial charge is 0.292 e. The summed E-state index contributed by atoms with van der Waals surface area (Å²) in [6, 6.07) is 3.97. The van der Waals surface area contributed by atoms with Crippen molar-refractivity contribution in [2.75, 3.05) is 0 Å². The first-order valence-electron chi connectivity index (χ1n) is 6.03. The molecular formula is C13H15N3OS. The molecule has 0 aliphatic carbocycles. The standard InChI is InChI=1S/C13H15N3OS/c1-8(2)9-3-4-14-12(5-9)16-13(17)10-6-18-7-11(10)15-16/h3-5,8,15H,6-7H2,1-2H3. The molecule has 2 aromatic heterocycles. The van der Waals surface area contributed by atoms with E-state index in [9.17, 15) is 4.79 Å². The Balaban J connectivity index is 2.10. The van der Waals surface area contributed by atoms with Crippen LogP contribution in [0.2, 0.25) is 0 Å². The van der Waals surface area contributed by atoms with Gasteiger partial charge in [-0.1, -0.05) is 13.8 Å². The van der Waals surface area contributed by atoms with Crippen LogP contribution in [-0.4, -0.2) is 14.8 Å². The van der Waals surface area contributed by atoms with Gasteiger partial charge in [-0.3, -0.25) is 9.89 Å². The first-order chi connectivity index (χ1) is 8.66. The molecule has 0 bridgehead atoms.